The molecule has 0 aromatic carbocycles. The van der Waals surface area contributed by atoms with Gasteiger partial charge in [-0.05, 0) is 12.1 Å². The Bertz CT molecular complexity index is 407. The second-order valence-corrected chi connectivity index (χ2v) is 4.79. The number of anilines is 1. The minimum Gasteiger partial charge on any atom is -0.329 e. The van der Waals surface area contributed by atoms with Crippen molar-refractivity contribution in [1.29, 1.82) is 0 Å². The van der Waals surface area contributed by atoms with Gasteiger partial charge in [-0.3, -0.25) is 4.72 Å². The monoisotopic (exact) mass is 235 g/mol. The molecule has 14 heavy (non-hydrogen) atoms. The fraction of sp³-hybridized carbons (Fsp3) is 0.286. The maximum atomic E-state index is 11.3. The lowest BCUT2D eigenvalue weighted by atomic mass is 10.5. The van der Waals surface area contributed by atoms with Crippen molar-refractivity contribution in [1.82, 2.24) is 4.98 Å². The van der Waals surface area contributed by atoms with E-state index in [1.54, 1.807) is 12.1 Å². The highest BCUT2D eigenvalue weighted by Crippen LogP contribution is 2.18. The normalized spacial score (nSPS) is 11.3. The molecule has 0 atom stereocenters. The Labute approximate surface area is 87.3 Å². The van der Waals surface area contributed by atoms with Crippen LogP contribution in [0.5, 0.6) is 0 Å². The van der Waals surface area contributed by atoms with Crippen LogP contribution in [0.1, 0.15) is 0 Å². The van der Waals surface area contributed by atoms with Crippen molar-refractivity contribution >= 4 is 27.4 Å². The zero-order valence-corrected chi connectivity index (χ0v) is 8.85. The van der Waals surface area contributed by atoms with E-state index in [1.807, 2.05) is 0 Å². The van der Waals surface area contributed by atoms with Crippen molar-refractivity contribution in [3.63, 3.8) is 0 Å². The van der Waals surface area contributed by atoms with Gasteiger partial charge < -0.3 is 5.73 Å². The van der Waals surface area contributed by atoms with E-state index in [2.05, 4.69) is 9.71 Å². The van der Waals surface area contributed by atoms with Crippen LogP contribution in [0.3, 0.4) is 0 Å². The van der Waals surface area contributed by atoms with E-state index in [0.717, 1.165) is 0 Å². The second-order valence-electron chi connectivity index (χ2n) is 2.54. The summed E-state index contributed by atoms with van der Waals surface area (Å²) in [4.78, 5) is 3.78. The predicted molar refractivity (Wildman–Crippen MR) is 55.7 cm³/mol. The molecular formula is C7H10ClN3O2S. The van der Waals surface area contributed by atoms with Gasteiger partial charge in [-0.25, -0.2) is 13.4 Å². The summed E-state index contributed by atoms with van der Waals surface area (Å²) >= 11 is 5.71. The average molecular weight is 236 g/mol. The molecule has 0 spiro atoms. The molecule has 3 N–H and O–H groups in total. The summed E-state index contributed by atoms with van der Waals surface area (Å²) in [6.07, 6.45) is 1.45. The molecule has 0 aliphatic heterocycles. The molecule has 0 saturated carbocycles. The third-order valence-electron chi connectivity index (χ3n) is 1.40. The molecule has 1 heterocycles. The van der Waals surface area contributed by atoms with Gasteiger partial charge in [-0.15, -0.1) is 0 Å². The standard InChI is InChI=1S/C7H10ClN3O2S/c8-6-2-1-4-10-7(6)11-14(12,13)5-3-9/h1-2,4H,3,5,9H2,(H,10,11). The van der Waals surface area contributed by atoms with Crippen LogP contribution in [-0.4, -0.2) is 25.7 Å². The number of rotatable bonds is 4. The van der Waals surface area contributed by atoms with Crippen LogP contribution in [0.2, 0.25) is 5.02 Å². The first-order chi connectivity index (χ1) is 6.55. The number of nitrogens with zero attached hydrogens (tertiary/aromatic N) is 1. The first-order valence-corrected chi connectivity index (χ1v) is 5.89. The van der Waals surface area contributed by atoms with Crippen LogP contribution >= 0.6 is 11.6 Å². The van der Waals surface area contributed by atoms with Gasteiger partial charge in [-0.1, -0.05) is 11.6 Å². The molecule has 78 valence electrons. The number of hydrogen-bond acceptors (Lipinski definition) is 4. The number of sulfonamides is 1. The van der Waals surface area contributed by atoms with Gasteiger partial charge in [-0.2, -0.15) is 0 Å². The summed E-state index contributed by atoms with van der Waals surface area (Å²) in [5.74, 6) is -0.0255. The second kappa shape index (κ2) is 4.59. The third-order valence-corrected chi connectivity index (χ3v) is 2.98. The van der Waals surface area contributed by atoms with Gasteiger partial charge in [0.25, 0.3) is 0 Å². The molecule has 7 heteroatoms. The first-order valence-electron chi connectivity index (χ1n) is 3.86. The summed E-state index contributed by atoms with van der Waals surface area (Å²) in [5, 5.41) is 0.257. The third kappa shape index (κ3) is 3.13. The number of hydrogen-bond donors (Lipinski definition) is 2. The molecule has 1 aromatic heterocycles. The molecule has 0 fully saturated rings. The van der Waals surface area contributed by atoms with Gasteiger partial charge >= 0.3 is 0 Å². The summed E-state index contributed by atoms with van der Waals surface area (Å²) in [6.45, 7) is 0.0553. The lowest BCUT2D eigenvalue weighted by Gasteiger charge is -2.06. The van der Waals surface area contributed by atoms with Crippen LogP contribution in [-0.2, 0) is 10.0 Å². The number of pyridine rings is 1. The molecule has 0 amide bonds. The Hall–Kier alpha value is -0.850. The first kappa shape index (κ1) is 11.2. The molecule has 5 nitrogen and oxygen atoms in total. The summed E-state index contributed by atoms with van der Waals surface area (Å²) in [7, 11) is -3.43. The van der Waals surface area contributed by atoms with Gasteiger partial charge in [0.05, 0.1) is 10.8 Å². The SMILES string of the molecule is NCCS(=O)(=O)Nc1ncccc1Cl. The molecule has 0 saturated heterocycles. The molecule has 0 aliphatic rings. The number of halogens is 1. The van der Waals surface area contributed by atoms with E-state index in [0.29, 0.717) is 0 Å². The van der Waals surface area contributed by atoms with Crippen LogP contribution < -0.4 is 10.5 Å². The predicted octanol–water partition coefficient (Wildman–Crippen LogP) is 0.435. The van der Waals surface area contributed by atoms with Gasteiger partial charge in [0.1, 0.15) is 0 Å². The Balaban J connectivity index is 2.84. The van der Waals surface area contributed by atoms with Crippen LogP contribution in [0.25, 0.3) is 0 Å². The fourth-order valence-corrected chi connectivity index (χ4v) is 1.91. The zero-order chi connectivity index (χ0) is 10.6. The lowest BCUT2D eigenvalue weighted by Crippen LogP contribution is -2.22. The Morgan fingerprint density at radius 3 is 2.86 bits per heavy atom. The number of nitrogens with one attached hydrogen (secondary N) is 1. The maximum Gasteiger partial charge on any atom is 0.235 e. The molecule has 0 bridgehead atoms. The van der Waals surface area contributed by atoms with Crippen molar-refractivity contribution in [3.8, 4) is 0 Å². The van der Waals surface area contributed by atoms with E-state index in [4.69, 9.17) is 17.3 Å². The molecule has 1 aromatic rings. The van der Waals surface area contributed by atoms with Gasteiger partial charge in [0.15, 0.2) is 5.82 Å². The average Bonchev–Trinajstić information content (AvgIpc) is 2.08. The minimum atomic E-state index is -3.43. The summed E-state index contributed by atoms with van der Waals surface area (Å²) in [5.41, 5.74) is 5.13. The van der Waals surface area contributed by atoms with E-state index in [-0.39, 0.29) is 23.1 Å². The zero-order valence-electron chi connectivity index (χ0n) is 7.27. The van der Waals surface area contributed by atoms with Crippen LogP contribution in [0, 0.1) is 0 Å². The highest BCUT2D eigenvalue weighted by molar-refractivity contribution is 7.92. The van der Waals surface area contributed by atoms with Gasteiger partial charge in [0.2, 0.25) is 10.0 Å². The quantitative estimate of drug-likeness (QED) is 0.793. The lowest BCUT2D eigenvalue weighted by molar-refractivity contribution is 0.601. The van der Waals surface area contributed by atoms with Crippen molar-refractivity contribution in [2.75, 3.05) is 17.0 Å². The Kier molecular flexibility index (Phi) is 3.68. The van der Waals surface area contributed by atoms with E-state index < -0.39 is 10.0 Å². The molecule has 1 rings (SSSR count). The van der Waals surface area contributed by atoms with Crippen molar-refractivity contribution in [2.45, 2.75) is 0 Å². The molecule has 0 radical (unpaired) electrons. The van der Waals surface area contributed by atoms with Crippen molar-refractivity contribution in [3.05, 3.63) is 23.4 Å². The highest BCUT2D eigenvalue weighted by atomic mass is 35.5. The van der Waals surface area contributed by atoms with Crippen LogP contribution in [0.15, 0.2) is 18.3 Å². The van der Waals surface area contributed by atoms with Crippen molar-refractivity contribution < 1.29 is 8.42 Å². The van der Waals surface area contributed by atoms with Crippen LogP contribution in [0.4, 0.5) is 5.82 Å². The number of aromatic nitrogens is 1. The number of nitrogens with two attached hydrogens (primary N) is 1. The summed E-state index contributed by atoms with van der Waals surface area (Å²) < 4.78 is 24.8. The molecule has 0 aliphatic carbocycles. The topological polar surface area (TPSA) is 85.1 Å². The smallest absolute Gasteiger partial charge is 0.235 e. The van der Waals surface area contributed by atoms with E-state index in [9.17, 15) is 8.42 Å². The maximum absolute atomic E-state index is 11.3. The largest absolute Gasteiger partial charge is 0.329 e. The summed E-state index contributed by atoms with van der Waals surface area (Å²) in [6, 6.07) is 3.16. The van der Waals surface area contributed by atoms with E-state index >= 15 is 0 Å². The van der Waals surface area contributed by atoms with Crippen molar-refractivity contribution in [2.24, 2.45) is 5.73 Å². The van der Waals surface area contributed by atoms with E-state index in [1.165, 1.54) is 6.20 Å². The molecular weight excluding hydrogens is 226 g/mol. The highest BCUT2D eigenvalue weighted by Gasteiger charge is 2.11. The molecule has 0 unspecified atom stereocenters. The minimum absolute atomic E-state index is 0.0553. The Morgan fingerprint density at radius 1 is 1.57 bits per heavy atom. The van der Waals surface area contributed by atoms with Gasteiger partial charge in [0, 0.05) is 12.7 Å². The fourth-order valence-electron chi connectivity index (χ4n) is 0.814. The Morgan fingerprint density at radius 2 is 2.29 bits per heavy atom.